The number of rotatable bonds is 2. The zero-order valence-corrected chi connectivity index (χ0v) is 8.63. The van der Waals surface area contributed by atoms with E-state index in [0.29, 0.717) is 0 Å². The third-order valence-electron chi connectivity index (χ3n) is 1.94. The van der Waals surface area contributed by atoms with Crippen LogP contribution in [0.15, 0.2) is 0 Å². The molecular weight excluding hydrogens is 204 g/mol. The van der Waals surface area contributed by atoms with Crippen LogP contribution in [0.25, 0.3) is 0 Å². The van der Waals surface area contributed by atoms with Crippen LogP contribution in [0.4, 0.5) is 0 Å². The van der Waals surface area contributed by atoms with Gasteiger partial charge >= 0.3 is 11.9 Å². The molecule has 0 saturated carbocycles. The Labute approximate surface area is 87.1 Å². The van der Waals surface area contributed by atoms with E-state index in [1.807, 2.05) is 0 Å². The number of carbonyl (C=O) groups excluding carboxylic acids is 2. The van der Waals surface area contributed by atoms with Crippen molar-refractivity contribution in [3.63, 3.8) is 0 Å². The van der Waals surface area contributed by atoms with Crippen molar-refractivity contribution < 1.29 is 28.9 Å². The number of aliphatic hydroxyl groups is 1. The summed E-state index contributed by atoms with van der Waals surface area (Å²) in [5.41, 5.74) is 0. The van der Waals surface area contributed by atoms with E-state index in [-0.39, 0.29) is 13.0 Å². The maximum atomic E-state index is 10.8. The van der Waals surface area contributed by atoms with Crippen molar-refractivity contribution in [2.45, 2.75) is 38.8 Å². The van der Waals surface area contributed by atoms with E-state index in [1.165, 1.54) is 13.8 Å². The van der Waals surface area contributed by atoms with Crippen LogP contribution < -0.4 is 0 Å². The predicted molar refractivity (Wildman–Crippen MR) is 47.7 cm³/mol. The maximum absolute atomic E-state index is 10.8. The second-order valence-electron chi connectivity index (χ2n) is 3.32. The highest BCUT2D eigenvalue weighted by Crippen LogP contribution is 2.19. The zero-order chi connectivity index (χ0) is 11.4. The lowest BCUT2D eigenvalue weighted by atomic mass is 10.1. The smallest absolute Gasteiger partial charge is 0.303 e. The van der Waals surface area contributed by atoms with Crippen LogP contribution in [0.1, 0.15) is 20.3 Å². The van der Waals surface area contributed by atoms with Gasteiger partial charge in [-0.3, -0.25) is 9.59 Å². The highest BCUT2D eigenvalue weighted by molar-refractivity contribution is 5.67. The molecule has 0 aromatic rings. The maximum Gasteiger partial charge on any atom is 0.303 e. The van der Waals surface area contributed by atoms with Crippen LogP contribution in [0.3, 0.4) is 0 Å². The Balaban J connectivity index is 2.57. The summed E-state index contributed by atoms with van der Waals surface area (Å²) in [6.45, 7) is 2.54. The Kier molecular flexibility index (Phi) is 4.05. The third kappa shape index (κ3) is 3.85. The van der Waals surface area contributed by atoms with Gasteiger partial charge in [0.25, 0.3) is 0 Å². The van der Waals surface area contributed by atoms with Crippen LogP contribution in [-0.4, -0.2) is 42.1 Å². The number of esters is 2. The predicted octanol–water partition coefficient (Wildman–Crippen LogP) is -0.412. The number of hydrogen-bond donors (Lipinski definition) is 1. The minimum atomic E-state index is -0.985. The van der Waals surface area contributed by atoms with Crippen LogP contribution in [0, 0.1) is 0 Å². The Morgan fingerprint density at radius 3 is 2.27 bits per heavy atom. The molecule has 1 rings (SSSR count). The molecule has 0 spiro atoms. The van der Waals surface area contributed by atoms with Crippen molar-refractivity contribution in [2.75, 3.05) is 6.61 Å². The van der Waals surface area contributed by atoms with Crippen molar-refractivity contribution in [2.24, 2.45) is 0 Å². The molecule has 1 aliphatic rings. The summed E-state index contributed by atoms with van der Waals surface area (Å²) in [5.74, 6) is -0.955. The average molecular weight is 218 g/mol. The molecule has 0 unspecified atom stereocenters. The first-order valence-corrected chi connectivity index (χ1v) is 4.63. The van der Waals surface area contributed by atoms with Gasteiger partial charge in [-0.25, -0.2) is 0 Å². The van der Waals surface area contributed by atoms with Gasteiger partial charge in [-0.1, -0.05) is 0 Å². The normalized spacial score (nSPS) is 30.7. The molecule has 15 heavy (non-hydrogen) atoms. The van der Waals surface area contributed by atoms with Crippen molar-refractivity contribution in [1.29, 1.82) is 0 Å². The molecule has 0 aromatic heterocycles. The van der Waals surface area contributed by atoms with Gasteiger partial charge in [-0.05, 0) is 0 Å². The fourth-order valence-electron chi connectivity index (χ4n) is 1.39. The van der Waals surface area contributed by atoms with E-state index in [2.05, 4.69) is 0 Å². The van der Waals surface area contributed by atoms with Crippen molar-refractivity contribution in [1.82, 2.24) is 0 Å². The molecule has 0 aliphatic carbocycles. The van der Waals surface area contributed by atoms with Crippen LogP contribution in [0.5, 0.6) is 0 Å². The summed E-state index contributed by atoms with van der Waals surface area (Å²) < 4.78 is 14.7. The van der Waals surface area contributed by atoms with Crippen LogP contribution in [0.2, 0.25) is 0 Å². The number of carbonyl (C=O) groups is 2. The first-order chi connectivity index (χ1) is 6.99. The Morgan fingerprint density at radius 1 is 1.20 bits per heavy atom. The summed E-state index contributed by atoms with van der Waals surface area (Å²) in [4.78, 5) is 21.5. The lowest BCUT2D eigenvalue weighted by molar-refractivity contribution is -0.216. The Hall–Kier alpha value is -1.14. The second-order valence-corrected chi connectivity index (χ2v) is 3.32. The first-order valence-electron chi connectivity index (χ1n) is 4.63. The van der Waals surface area contributed by atoms with Gasteiger partial charge in [-0.2, -0.15) is 0 Å². The quantitative estimate of drug-likeness (QED) is 0.634. The second kappa shape index (κ2) is 5.09. The average Bonchev–Trinajstić information content (AvgIpc) is 2.08. The van der Waals surface area contributed by atoms with E-state index in [1.54, 1.807) is 0 Å². The fraction of sp³-hybridized carbons (Fsp3) is 0.778. The molecule has 1 aliphatic heterocycles. The standard InChI is InChI=1S/C9H14O6/c1-5(10)14-7-3-9(12)13-4-8(7)15-6(2)11/h7-9,12H,3-4H2,1-2H3/t7-,8-,9-/m1/s1. The SMILES string of the molecule is CC(=O)O[C@@H]1CO[C@@H](O)C[C@H]1OC(C)=O. The summed E-state index contributed by atoms with van der Waals surface area (Å²) >= 11 is 0. The highest BCUT2D eigenvalue weighted by atomic mass is 16.6. The molecule has 3 atom stereocenters. The highest BCUT2D eigenvalue weighted by Gasteiger charge is 2.34. The lowest BCUT2D eigenvalue weighted by Crippen LogP contribution is -2.45. The Morgan fingerprint density at radius 2 is 1.73 bits per heavy atom. The fourth-order valence-corrected chi connectivity index (χ4v) is 1.39. The van der Waals surface area contributed by atoms with Gasteiger partial charge in [0, 0.05) is 20.3 Å². The van der Waals surface area contributed by atoms with Gasteiger partial charge < -0.3 is 19.3 Å². The molecule has 1 saturated heterocycles. The van der Waals surface area contributed by atoms with Gasteiger partial charge in [0.1, 0.15) is 6.10 Å². The molecule has 1 heterocycles. The van der Waals surface area contributed by atoms with Gasteiger partial charge in [0.15, 0.2) is 12.4 Å². The number of ether oxygens (including phenoxy) is 3. The molecular formula is C9H14O6. The monoisotopic (exact) mass is 218 g/mol. The Bertz CT molecular complexity index is 251. The molecule has 86 valence electrons. The number of aliphatic hydroxyl groups excluding tert-OH is 1. The van der Waals surface area contributed by atoms with E-state index >= 15 is 0 Å². The molecule has 1 N–H and O–H groups in total. The summed E-state index contributed by atoms with van der Waals surface area (Å²) in [6.07, 6.45) is -2.16. The van der Waals surface area contributed by atoms with E-state index in [4.69, 9.17) is 14.2 Å². The summed E-state index contributed by atoms with van der Waals surface area (Å²) in [5, 5.41) is 9.19. The van der Waals surface area contributed by atoms with Crippen molar-refractivity contribution >= 4 is 11.9 Å². The topological polar surface area (TPSA) is 82.1 Å². The molecule has 6 nitrogen and oxygen atoms in total. The summed E-state index contributed by atoms with van der Waals surface area (Å²) in [7, 11) is 0. The van der Waals surface area contributed by atoms with Crippen LogP contribution in [-0.2, 0) is 23.8 Å². The van der Waals surface area contributed by atoms with E-state index < -0.39 is 30.4 Å². The van der Waals surface area contributed by atoms with Crippen molar-refractivity contribution in [3.05, 3.63) is 0 Å². The minimum Gasteiger partial charge on any atom is -0.458 e. The molecule has 1 fully saturated rings. The zero-order valence-electron chi connectivity index (χ0n) is 8.63. The molecule has 0 amide bonds. The van der Waals surface area contributed by atoms with Crippen molar-refractivity contribution in [3.8, 4) is 0 Å². The molecule has 0 aromatic carbocycles. The van der Waals surface area contributed by atoms with E-state index in [0.717, 1.165) is 0 Å². The summed E-state index contributed by atoms with van der Waals surface area (Å²) in [6, 6.07) is 0. The van der Waals surface area contributed by atoms with Crippen LogP contribution >= 0.6 is 0 Å². The first kappa shape index (κ1) is 11.9. The minimum absolute atomic E-state index is 0.0265. The lowest BCUT2D eigenvalue weighted by Gasteiger charge is -2.32. The third-order valence-corrected chi connectivity index (χ3v) is 1.94. The van der Waals surface area contributed by atoms with Gasteiger partial charge in [0.05, 0.1) is 6.61 Å². The van der Waals surface area contributed by atoms with E-state index in [9.17, 15) is 14.7 Å². The molecule has 6 heteroatoms. The van der Waals surface area contributed by atoms with Gasteiger partial charge in [0.2, 0.25) is 0 Å². The largest absolute Gasteiger partial charge is 0.458 e. The molecule has 0 bridgehead atoms. The van der Waals surface area contributed by atoms with Gasteiger partial charge in [-0.15, -0.1) is 0 Å². The molecule has 0 radical (unpaired) electrons. The number of hydrogen-bond acceptors (Lipinski definition) is 6.